The standard InChI is InChI=1S/C16H22N2O2/c1-12(19)17-15-10-6-7-13(11-15)16(20)18-14-8-4-2-3-5-9-14/h6-7,10-11,14H,2-5,8-9H2,1H3,(H,17,19)(H,18,20). The summed E-state index contributed by atoms with van der Waals surface area (Å²) in [6, 6.07) is 7.34. The first-order valence-corrected chi connectivity index (χ1v) is 7.33. The van der Waals surface area contributed by atoms with Gasteiger partial charge in [-0.05, 0) is 31.0 Å². The van der Waals surface area contributed by atoms with Crippen LogP contribution in [0.2, 0.25) is 0 Å². The molecule has 0 aromatic heterocycles. The van der Waals surface area contributed by atoms with Crippen molar-refractivity contribution in [2.45, 2.75) is 51.5 Å². The van der Waals surface area contributed by atoms with Crippen LogP contribution in [0.3, 0.4) is 0 Å². The van der Waals surface area contributed by atoms with Crippen molar-refractivity contribution in [3.8, 4) is 0 Å². The summed E-state index contributed by atoms with van der Waals surface area (Å²) in [5, 5.41) is 5.80. The number of hydrogen-bond acceptors (Lipinski definition) is 2. The van der Waals surface area contributed by atoms with E-state index in [1.807, 2.05) is 0 Å². The van der Waals surface area contributed by atoms with E-state index in [1.165, 1.54) is 32.6 Å². The first-order chi connectivity index (χ1) is 9.65. The summed E-state index contributed by atoms with van der Waals surface area (Å²) < 4.78 is 0. The lowest BCUT2D eigenvalue weighted by atomic mass is 10.1. The molecule has 0 radical (unpaired) electrons. The third-order valence-corrected chi connectivity index (χ3v) is 3.64. The molecule has 0 bridgehead atoms. The minimum Gasteiger partial charge on any atom is -0.349 e. The van der Waals surface area contributed by atoms with E-state index in [1.54, 1.807) is 24.3 Å². The predicted molar refractivity (Wildman–Crippen MR) is 79.7 cm³/mol. The topological polar surface area (TPSA) is 58.2 Å². The smallest absolute Gasteiger partial charge is 0.251 e. The highest BCUT2D eigenvalue weighted by molar-refractivity contribution is 5.96. The fourth-order valence-electron chi connectivity index (χ4n) is 2.63. The Morgan fingerprint density at radius 2 is 1.80 bits per heavy atom. The van der Waals surface area contributed by atoms with Crippen LogP contribution in [0.5, 0.6) is 0 Å². The lowest BCUT2D eigenvalue weighted by Gasteiger charge is -2.16. The average Bonchev–Trinajstić information content (AvgIpc) is 2.67. The molecule has 2 rings (SSSR count). The second-order valence-electron chi connectivity index (χ2n) is 5.42. The van der Waals surface area contributed by atoms with E-state index in [2.05, 4.69) is 10.6 Å². The molecule has 20 heavy (non-hydrogen) atoms. The molecule has 2 amide bonds. The Kier molecular flexibility index (Phi) is 5.16. The summed E-state index contributed by atoms with van der Waals surface area (Å²) in [5.74, 6) is -0.185. The quantitative estimate of drug-likeness (QED) is 0.832. The van der Waals surface area contributed by atoms with Crippen molar-refractivity contribution in [3.63, 3.8) is 0 Å². The highest BCUT2D eigenvalue weighted by atomic mass is 16.2. The van der Waals surface area contributed by atoms with Crippen LogP contribution in [0.4, 0.5) is 5.69 Å². The Hall–Kier alpha value is -1.84. The van der Waals surface area contributed by atoms with Gasteiger partial charge in [0.15, 0.2) is 0 Å². The van der Waals surface area contributed by atoms with Gasteiger partial charge >= 0.3 is 0 Å². The van der Waals surface area contributed by atoms with Gasteiger partial charge in [-0.1, -0.05) is 31.7 Å². The minimum absolute atomic E-state index is 0.0518. The largest absolute Gasteiger partial charge is 0.349 e. The number of amides is 2. The van der Waals surface area contributed by atoms with Gasteiger partial charge in [0, 0.05) is 24.2 Å². The van der Waals surface area contributed by atoms with E-state index < -0.39 is 0 Å². The monoisotopic (exact) mass is 274 g/mol. The van der Waals surface area contributed by atoms with Gasteiger partial charge in [-0.2, -0.15) is 0 Å². The Bertz CT molecular complexity index is 477. The summed E-state index contributed by atoms with van der Waals surface area (Å²) in [7, 11) is 0. The van der Waals surface area contributed by atoms with Crippen LogP contribution in [0.15, 0.2) is 24.3 Å². The van der Waals surface area contributed by atoms with Crippen LogP contribution < -0.4 is 10.6 Å². The zero-order valence-electron chi connectivity index (χ0n) is 11.9. The molecule has 1 saturated carbocycles. The molecule has 1 aliphatic rings. The van der Waals surface area contributed by atoms with Crippen molar-refractivity contribution in [3.05, 3.63) is 29.8 Å². The second kappa shape index (κ2) is 7.08. The molecule has 0 spiro atoms. The van der Waals surface area contributed by atoms with Crippen LogP contribution in [-0.2, 0) is 4.79 Å². The van der Waals surface area contributed by atoms with Gasteiger partial charge in [0.25, 0.3) is 5.91 Å². The number of carbonyl (C=O) groups excluding carboxylic acids is 2. The number of benzene rings is 1. The Morgan fingerprint density at radius 1 is 1.10 bits per heavy atom. The third kappa shape index (κ3) is 4.37. The van der Waals surface area contributed by atoms with Crippen molar-refractivity contribution in [1.82, 2.24) is 5.32 Å². The first-order valence-electron chi connectivity index (χ1n) is 7.33. The molecule has 108 valence electrons. The summed E-state index contributed by atoms with van der Waals surface area (Å²) in [6.07, 6.45) is 7.05. The second-order valence-corrected chi connectivity index (χ2v) is 5.42. The maximum Gasteiger partial charge on any atom is 0.251 e. The Labute approximate surface area is 119 Å². The number of anilines is 1. The van der Waals surface area contributed by atoms with Crippen molar-refractivity contribution in [1.29, 1.82) is 0 Å². The molecule has 0 unspecified atom stereocenters. The van der Waals surface area contributed by atoms with E-state index in [-0.39, 0.29) is 17.9 Å². The lowest BCUT2D eigenvalue weighted by Crippen LogP contribution is -2.34. The fraction of sp³-hybridized carbons (Fsp3) is 0.500. The normalized spacial score (nSPS) is 16.2. The zero-order chi connectivity index (χ0) is 14.4. The van der Waals surface area contributed by atoms with Crippen LogP contribution in [-0.4, -0.2) is 17.9 Å². The van der Waals surface area contributed by atoms with Crippen molar-refractivity contribution >= 4 is 17.5 Å². The molecule has 1 aliphatic carbocycles. The summed E-state index contributed by atoms with van der Waals surface area (Å²) >= 11 is 0. The summed E-state index contributed by atoms with van der Waals surface area (Å²) in [6.45, 7) is 1.46. The van der Waals surface area contributed by atoms with Gasteiger partial charge in [-0.3, -0.25) is 9.59 Å². The van der Waals surface area contributed by atoms with Gasteiger partial charge in [0.1, 0.15) is 0 Å². The maximum absolute atomic E-state index is 12.2. The Balaban J connectivity index is 1.99. The van der Waals surface area contributed by atoms with Crippen LogP contribution >= 0.6 is 0 Å². The number of nitrogens with one attached hydrogen (secondary N) is 2. The first kappa shape index (κ1) is 14.6. The highest BCUT2D eigenvalue weighted by Gasteiger charge is 2.15. The van der Waals surface area contributed by atoms with Gasteiger partial charge in [-0.25, -0.2) is 0 Å². The van der Waals surface area contributed by atoms with E-state index in [9.17, 15) is 9.59 Å². The van der Waals surface area contributed by atoms with Crippen molar-refractivity contribution in [2.24, 2.45) is 0 Å². The van der Waals surface area contributed by atoms with Crippen LogP contribution in [0.25, 0.3) is 0 Å². The third-order valence-electron chi connectivity index (χ3n) is 3.64. The molecule has 0 aliphatic heterocycles. The molecule has 0 saturated heterocycles. The molecule has 0 atom stereocenters. The Morgan fingerprint density at radius 3 is 2.45 bits per heavy atom. The number of carbonyl (C=O) groups is 2. The van der Waals surface area contributed by atoms with Crippen LogP contribution in [0, 0.1) is 0 Å². The number of rotatable bonds is 3. The summed E-state index contributed by atoms with van der Waals surface area (Å²) in [4.78, 5) is 23.3. The van der Waals surface area contributed by atoms with Crippen molar-refractivity contribution in [2.75, 3.05) is 5.32 Å². The van der Waals surface area contributed by atoms with Crippen molar-refractivity contribution < 1.29 is 9.59 Å². The SMILES string of the molecule is CC(=O)Nc1cccc(C(=O)NC2CCCCCC2)c1. The molecule has 1 aromatic carbocycles. The van der Waals surface area contributed by atoms with E-state index >= 15 is 0 Å². The van der Waals surface area contributed by atoms with Crippen LogP contribution in [0.1, 0.15) is 55.8 Å². The molecule has 0 heterocycles. The molecule has 1 aromatic rings. The fourth-order valence-corrected chi connectivity index (χ4v) is 2.63. The van der Waals surface area contributed by atoms with Gasteiger partial charge in [0.05, 0.1) is 0 Å². The van der Waals surface area contributed by atoms with Gasteiger partial charge in [-0.15, -0.1) is 0 Å². The van der Waals surface area contributed by atoms with Gasteiger partial charge in [0.2, 0.25) is 5.91 Å². The predicted octanol–water partition coefficient (Wildman–Crippen LogP) is 3.10. The van der Waals surface area contributed by atoms with Gasteiger partial charge < -0.3 is 10.6 Å². The van der Waals surface area contributed by atoms with E-state index in [4.69, 9.17) is 0 Å². The highest BCUT2D eigenvalue weighted by Crippen LogP contribution is 2.18. The minimum atomic E-state index is -0.133. The average molecular weight is 274 g/mol. The maximum atomic E-state index is 12.2. The molecule has 1 fully saturated rings. The molecule has 4 nitrogen and oxygen atoms in total. The molecule has 2 N–H and O–H groups in total. The van der Waals surface area contributed by atoms with E-state index in [0.29, 0.717) is 11.3 Å². The van der Waals surface area contributed by atoms with E-state index in [0.717, 1.165) is 12.8 Å². The molecule has 4 heteroatoms. The lowest BCUT2D eigenvalue weighted by molar-refractivity contribution is -0.114. The molecular weight excluding hydrogens is 252 g/mol. The molecular formula is C16H22N2O2. The zero-order valence-corrected chi connectivity index (χ0v) is 11.9. The number of hydrogen-bond donors (Lipinski definition) is 2. The summed E-state index contributed by atoms with van der Waals surface area (Å²) in [5.41, 5.74) is 1.26.